The number of rotatable bonds is 4. The number of hydrogen-bond donors (Lipinski definition) is 1. The van der Waals surface area contributed by atoms with Gasteiger partial charge in [0.2, 0.25) is 5.88 Å². The van der Waals surface area contributed by atoms with Gasteiger partial charge in [-0.1, -0.05) is 19.3 Å². The van der Waals surface area contributed by atoms with Crippen LogP contribution in [-0.4, -0.2) is 16.7 Å². The lowest BCUT2D eigenvalue weighted by atomic mass is 9.90. The Kier molecular flexibility index (Phi) is 4.59. The highest BCUT2D eigenvalue weighted by atomic mass is 16.5. The normalized spacial score (nSPS) is 16.8. The van der Waals surface area contributed by atoms with Crippen molar-refractivity contribution in [1.82, 2.24) is 4.98 Å². The molecule has 0 aromatic carbocycles. The summed E-state index contributed by atoms with van der Waals surface area (Å²) in [6, 6.07) is 1.99. The van der Waals surface area contributed by atoms with Gasteiger partial charge in [0.15, 0.2) is 0 Å². The number of aliphatic hydroxyl groups is 1. The molecule has 1 aliphatic carbocycles. The molecule has 0 spiro atoms. The number of aliphatic hydroxyl groups excluding tert-OH is 1. The van der Waals surface area contributed by atoms with Crippen molar-refractivity contribution >= 4 is 0 Å². The third-order valence-corrected chi connectivity index (χ3v) is 3.78. The molecule has 1 aliphatic rings. The number of aryl methyl sites for hydroxylation is 2. The Morgan fingerprint density at radius 2 is 2.00 bits per heavy atom. The van der Waals surface area contributed by atoms with Gasteiger partial charge in [0.1, 0.15) is 0 Å². The van der Waals surface area contributed by atoms with Crippen molar-refractivity contribution in [2.24, 2.45) is 5.92 Å². The third-order valence-electron chi connectivity index (χ3n) is 3.78. The van der Waals surface area contributed by atoms with Gasteiger partial charge in [0.05, 0.1) is 13.2 Å². The van der Waals surface area contributed by atoms with Crippen LogP contribution < -0.4 is 4.74 Å². The summed E-state index contributed by atoms with van der Waals surface area (Å²) in [6.07, 6.45) is 6.53. The summed E-state index contributed by atoms with van der Waals surface area (Å²) >= 11 is 0. The highest BCUT2D eigenvalue weighted by Gasteiger charge is 2.16. The van der Waals surface area contributed by atoms with Crippen LogP contribution in [0.4, 0.5) is 0 Å². The number of aromatic nitrogens is 1. The number of hydrogen-bond acceptors (Lipinski definition) is 3. The molecule has 3 nitrogen and oxygen atoms in total. The Morgan fingerprint density at radius 1 is 1.28 bits per heavy atom. The summed E-state index contributed by atoms with van der Waals surface area (Å²) < 4.78 is 5.86. The van der Waals surface area contributed by atoms with Crippen molar-refractivity contribution in [2.45, 2.75) is 52.6 Å². The lowest BCUT2D eigenvalue weighted by molar-refractivity contribution is 0.194. The lowest BCUT2D eigenvalue weighted by Gasteiger charge is -2.22. The topological polar surface area (TPSA) is 42.4 Å². The molecule has 2 rings (SSSR count). The molecule has 0 unspecified atom stereocenters. The Balaban J connectivity index is 2.03. The van der Waals surface area contributed by atoms with E-state index < -0.39 is 0 Å². The van der Waals surface area contributed by atoms with Crippen LogP contribution in [0.2, 0.25) is 0 Å². The van der Waals surface area contributed by atoms with E-state index in [0.717, 1.165) is 23.4 Å². The Bertz CT molecular complexity index is 398. The van der Waals surface area contributed by atoms with Gasteiger partial charge in [0.25, 0.3) is 0 Å². The molecule has 0 bridgehead atoms. The minimum atomic E-state index is -0.000880. The quantitative estimate of drug-likeness (QED) is 0.891. The van der Waals surface area contributed by atoms with Gasteiger partial charge in [-0.3, -0.25) is 0 Å². The zero-order valence-electron chi connectivity index (χ0n) is 11.4. The van der Waals surface area contributed by atoms with Gasteiger partial charge >= 0.3 is 0 Å². The average molecular weight is 249 g/mol. The molecule has 1 N–H and O–H groups in total. The molecule has 100 valence electrons. The van der Waals surface area contributed by atoms with Crippen LogP contribution >= 0.6 is 0 Å². The highest BCUT2D eigenvalue weighted by molar-refractivity contribution is 5.35. The van der Waals surface area contributed by atoms with Gasteiger partial charge in [-0.2, -0.15) is 0 Å². The standard InChI is InChI=1S/C15H23NO2/c1-11-8-12(2)16-15(14(11)9-17)18-10-13-6-4-3-5-7-13/h8,13,17H,3-7,9-10H2,1-2H3. The van der Waals surface area contributed by atoms with Crippen molar-refractivity contribution in [3.8, 4) is 5.88 Å². The van der Waals surface area contributed by atoms with Crippen molar-refractivity contribution in [3.63, 3.8) is 0 Å². The number of pyridine rings is 1. The van der Waals surface area contributed by atoms with Crippen LogP contribution in [-0.2, 0) is 6.61 Å². The van der Waals surface area contributed by atoms with Gasteiger partial charge in [0, 0.05) is 11.3 Å². The van der Waals surface area contributed by atoms with Gasteiger partial charge in [-0.25, -0.2) is 4.98 Å². The minimum absolute atomic E-state index is 0.000880. The summed E-state index contributed by atoms with van der Waals surface area (Å²) in [5.74, 6) is 1.29. The van der Waals surface area contributed by atoms with E-state index in [9.17, 15) is 5.11 Å². The largest absolute Gasteiger partial charge is 0.477 e. The predicted molar refractivity (Wildman–Crippen MR) is 71.7 cm³/mol. The van der Waals surface area contributed by atoms with Crippen molar-refractivity contribution in [3.05, 3.63) is 22.9 Å². The van der Waals surface area contributed by atoms with Gasteiger partial charge < -0.3 is 9.84 Å². The molecule has 0 atom stereocenters. The Morgan fingerprint density at radius 3 is 2.67 bits per heavy atom. The molecule has 0 aliphatic heterocycles. The molecule has 18 heavy (non-hydrogen) atoms. The van der Waals surface area contributed by atoms with Crippen LogP contribution in [0.5, 0.6) is 5.88 Å². The van der Waals surface area contributed by atoms with E-state index in [-0.39, 0.29) is 6.61 Å². The molecular weight excluding hydrogens is 226 g/mol. The van der Waals surface area contributed by atoms with E-state index in [1.54, 1.807) is 0 Å². The number of ether oxygens (including phenoxy) is 1. The molecule has 1 aromatic rings. The summed E-state index contributed by atoms with van der Waals surface area (Å²) in [4.78, 5) is 4.41. The highest BCUT2D eigenvalue weighted by Crippen LogP contribution is 2.26. The van der Waals surface area contributed by atoms with E-state index in [1.165, 1.54) is 32.1 Å². The summed E-state index contributed by atoms with van der Waals surface area (Å²) in [5, 5.41) is 9.41. The van der Waals surface area contributed by atoms with Crippen molar-refractivity contribution in [1.29, 1.82) is 0 Å². The first kappa shape index (κ1) is 13.3. The Labute approximate surface area is 109 Å². The monoisotopic (exact) mass is 249 g/mol. The zero-order valence-corrected chi connectivity index (χ0v) is 11.4. The molecule has 1 saturated carbocycles. The zero-order chi connectivity index (χ0) is 13.0. The molecule has 1 fully saturated rings. The first-order valence-corrected chi connectivity index (χ1v) is 6.91. The first-order valence-electron chi connectivity index (χ1n) is 6.91. The maximum atomic E-state index is 9.41. The first-order chi connectivity index (χ1) is 8.70. The van der Waals surface area contributed by atoms with E-state index in [2.05, 4.69) is 4.98 Å². The van der Waals surface area contributed by atoms with Crippen LogP contribution in [0, 0.1) is 19.8 Å². The average Bonchev–Trinajstić information content (AvgIpc) is 2.37. The molecule has 1 aromatic heterocycles. The van der Waals surface area contributed by atoms with Crippen LogP contribution in [0.3, 0.4) is 0 Å². The van der Waals surface area contributed by atoms with Crippen LogP contribution in [0.25, 0.3) is 0 Å². The smallest absolute Gasteiger partial charge is 0.219 e. The maximum Gasteiger partial charge on any atom is 0.219 e. The number of nitrogens with zero attached hydrogens (tertiary/aromatic N) is 1. The maximum absolute atomic E-state index is 9.41. The minimum Gasteiger partial charge on any atom is -0.477 e. The lowest BCUT2D eigenvalue weighted by Crippen LogP contribution is -2.16. The van der Waals surface area contributed by atoms with Gasteiger partial charge in [-0.15, -0.1) is 0 Å². The fraction of sp³-hybridized carbons (Fsp3) is 0.667. The summed E-state index contributed by atoms with van der Waals surface area (Å²) in [5.41, 5.74) is 2.84. The van der Waals surface area contributed by atoms with E-state index in [0.29, 0.717) is 11.8 Å². The van der Waals surface area contributed by atoms with E-state index in [4.69, 9.17) is 4.74 Å². The molecule has 3 heteroatoms. The molecule has 0 radical (unpaired) electrons. The van der Waals surface area contributed by atoms with Crippen LogP contribution in [0.1, 0.15) is 48.9 Å². The molecule has 0 saturated heterocycles. The molecule has 0 amide bonds. The third kappa shape index (κ3) is 3.22. The van der Waals surface area contributed by atoms with Crippen molar-refractivity contribution in [2.75, 3.05) is 6.61 Å². The predicted octanol–water partition coefficient (Wildman–Crippen LogP) is 3.15. The Hall–Kier alpha value is -1.09. The fourth-order valence-electron chi connectivity index (χ4n) is 2.69. The summed E-state index contributed by atoms with van der Waals surface area (Å²) in [6.45, 7) is 4.69. The summed E-state index contributed by atoms with van der Waals surface area (Å²) in [7, 11) is 0. The van der Waals surface area contributed by atoms with E-state index >= 15 is 0 Å². The van der Waals surface area contributed by atoms with Crippen molar-refractivity contribution < 1.29 is 9.84 Å². The van der Waals surface area contributed by atoms with Gasteiger partial charge in [-0.05, 0) is 44.2 Å². The van der Waals surface area contributed by atoms with Crippen LogP contribution in [0.15, 0.2) is 6.07 Å². The molecular formula is C15H23NO2. The molecule has 1 heterocycles. The second-order valence-electron chi connectivity index (χ2n) is 5.34. The SMILES string of the molecule is Cc1cc(C)c(CO)c(OCC2CCCCC2)n1. The van der Waals surface area contributed by atoms with E-state index in [1.807, 2.05) is 19.9 Å². The second kappa shape index (κ2) is 6.19. The second-order valence-corrected chi connectivity index (χ2v) is 5.34. The fourth-order valence-corrected chi connectivity index (χ4v) is 2.69.